The molecule has 1 aliphatic rings. The molecule has 0 saturated heterocycles. The number of aromatic nitrogens is 2. The number of nitrogens with two attached hydrogens (primary N) is 1. The predicted molar refractivity (Wildman–Crippen MR) is 59.1 cm³/mol. The Morgan fingerprint density at radius 1 is 1.43 bits per heavy atom. The van der Waals surface area contributed by atoms with E-state index in [0.29, 0.717) is 11.2 Å². The number of nitrogens with zero attached hydrogens (tertiary/aromatic N) is 2. The van der Waals surface area contributed by atoms with Gasteiger partial charge in [0.05, 0.1) is 0 Å². The Morgan fingerprint density at radius 2 is 2.14 bits per heavy atom. The molecule has 2 N–H and O–H groups in total. The van der Waals surface area contributed by atoms with Gasteiger partial charge in [-0.2, -0.15) is 0 Å². The Bertz CT molecular complexity index is 323. The maximum Gasteiger partial charge on any atom is 0.156 e. The molecule has 1 heterocycles. The number of thioether (sulfide) groups is 1. The number of hydrogen-bond donors (Lipinski definition) is 1. The standard InChI is InChI=1S/C10H15N3S/c1-10(3-2-4-10)7-14-9-8(11)12-5-6-13-9/h5-6H,2-4,7H2,1H3,(H2,11,12). The molecule has 0 bridgehead atoms. The minimum atomic E-state index is 0.509. The van der Waals surface area contributed by atoms with E-state index in [2.05, 4.69) is 16.9 Å². The molecule has 1 aromatic rings. The number of hydrogen-bond acceptors (Lipinski definition) is 4. The van der Waals surface area contributed by atoms with Gasteiger partial charge in [0.15, 0.2) is 5.82 Å². The van der Waals surface area contributed by atoms with E-state index in [0.717, 1.165) is 10.8 Å². The van der Waals surface area contributed by atoms with Gasteiger partial charge in [0, 0.05) is 18.1 Å². The smallest absolute Gasteiger partial charge is 0.156 e. The fraction of sp³-hybridized carbons (Fsp3) is 0.600. The van der Waals surface area contributed by atoms with Crippen molar-refractivity contribution in [3.05, 3.63) is 12.4 Å². The lowest BCUT2D eigenvalue weighted by Gasteiger charge is -2.37. The van der Waals surface area contributed by atoms with Crippen molar-refractivity contribution in [2.45, 2.75) is 31.2 Å². The molecule has 0 aromatic carbocycles. The van der Waals surface area contributed by atoms with Crippen LogP contribution in [0.4, 0.5) is 5.82 Å². The highest BCUT2D eigenvalue weighted by Crippen LogP contribution is 2.44. The molecule has 0 spiro atoms. The predicted octanol–water partition coefficient (Wildman–Crippen LogP) is 2.34. The summed E-state index contributed by atoms with van der Waals surface area (Å²) < 4.78 is 0. The van der Waals surface area contributed by atoms with Crippen LogP contribution in [-0.2, 0) is 0 Å². The van der Waals surface area contributed by atoms with E-state index < -0.39 is 0 Å². The van der Waals surface area contributed by atoms with Crippen LogP contribution >= 0.6 is 11.8 Å². The third-order valence-electron chi connectivity index (χ3n) is 2.81. The second-order valence-electron chi connectivity index (χ2n) is 4.20. The maximum absolute atomic E-state index is 5.71. The van der Waals surface area contributed by atoms with Crippen LogP contribution in [0.1, 0.15) is 26.2 Å². The van der Waals surface area contributed by atoms with Crippen molar-refractivity contribution in [3.8, 4) is 0 Å². The molecule has 3 nitrogen and oxygen atoms in total. The van der Waals surface area contributed by atoms with Gasteiger partial charge in [0.2, 0.25) is 0 Å². The van der Waals surface area contributed by atoms with Gasteiger partial charge in [-0.3, -0.25) is 0 Å². The summed E-state index contributed by atoms with van der Waals surface area (Å²) in [6.45, 7) is 2.33. The molecule has 0 amide bonds. The van der Waals surface area contributed by atoms with Crippen LogP contribution < -0.4 is 5.73 Å². The Kier molecular flexibility index (Phi) is 2.63. The first kappa shape index (κ1) is 9.77. The molecular weight excluding hydrogens is 194 g/mol. The van der Waals surface area contributed by atoms with Crippen molar-refractivity contribution in [1.82, 2.24) is 9.97 Å². The van der Waals surface area contributed by atoms with Gasteiger partial charge >= 0.3 is 0 Å². The van der Waals surface area contributed by atoms with Crippen molar-refractivity contribution in [3.63, 3.8) is 0 Å². The summed E-state index contributed by atoms with van der Waals surface area (Å²) in [7, 11) is 0. The molecule has 1 saturated carbocycles. The van der Waals surface area contributed by atoms with E-state index in [1.54, 1.807) is 24.2 Å². The van der Waals surface area contributed by atoms with Gasteiger partial charge in [-0.1, -0.05) is 13.3 Å². The first-order valence-electron chi connectivity index (χ1n) is 4.89. The summed E-state index contributed by atoms with van der Waals surface area (Å²) in [4.78, 5) is 8.23. The van der Waals surface area contributed by atoms with E-state index in [9.17, 15) is 0 Å². The highest BCUT2D eigenvalue weighted by molar-refractivity contribution is 7.99. The minimum Gasteiger partial charge on any atom is -0.381 e. The van der Waals surface area contributed by atoms with Gasteiger partial charge in [-0.15, -0.1) is 11.8 Å². The first-order valence-corrected chi connectivity index (χ1v) is 5.87. The summed E-state index contributed by atoms with van der Waals surface area (Å²) in [6, 6.07) is 0. The van der Waals surface area contributed by atoms with Gasteiger partial charge in [-0.25, -0.2) is 9.97 Å². The molecule has 0 atom stereocenters. The average molecular weight is 209 g/mol. The number of rotatable bonds is 3. The molecule has 14 heavy (non-hydrogen) atoms. The van der Waals surface area contributed by atoms with Crippen molar-refractivity contribution >= 4 is 17.6 Å². The highest BCUT2D eigenvalue weighted by atomic mass is 32.2. The Hall–Kier alpha value is -0.770. The fourth-order valence-corrected chi connectivity index (χ4v) is 2.72. The Labute approximate surface area is 88.5 Å². The van der Waals surface area contributed by atoms with E-state index in [4.69, 9.17) is 5.73 Å². The Morgan fingerprint density at radius 3 is 2.71 bits per heavy atom. The third kappa shape index (κ3) is 2.00. The second kappa shape index (κ2) is 3.77. The number of nitrogen functional groups attached to an aromatic ring is 1. The van der Waals surface area contributed by atoms with Crippen molar-refractivity contribution in [2.24, 2.45) is 5.41 Å². The van der Waals surface area contributed by atoms with Gasteiger partial charge < -0.3 is 5.73 Å². The molecule has 2 rings (SSSR count). The molecule has 1 aliphatic carbocycles. The summed E-state index contributed by atoms with van der Waals surface area (Å²) in [5.74, 6) is 1.66. The molecule has 0 unspecified atom stereocenters. The van der Waals surface area contributed by atoms with E-state index in [1.165, 1.54) is 19.3 Å². The summed E-state index contributed by atoms with van der Waals surface area (Å²) in [5, 5.41) is 0.876. The van der Waals surface area contributed by atoms with E-state index in [-0.39, 0.29) is 0 Å². The first-order chi connectivity index (χ1) is 6.70. The quantitative estimate of drug-likeness (QED) is 0.776. The highest BCUT2D eigenvalue weighted by Gasteiger charge is 2.31. The van der Waals surface area contributed by atoms with Crippen LogP contribution in [0.5, 0.6) is 0 Å². The summed E-state index contributed by atoms with van der Waals surface area (Å²) >= 11 is 1.73. The van der Waals surface area contributed by atoms with Crippen LogP contribution in [0, 0.1) is 5.41 Å². The zero-order chi connectivity index (χ0) is 10.0. The van der Waals surface area contributed by atoms with Gasteiger partial charge in [0.25, 0.3) is 0 Å². The maximum atomic E-state index is 5.71. The molecule has 4 heteroatoms. The van der Waals surface area contributed by atoms with Crippen LogP contribution in [0.2, 0.25) is 0 Å². The van der Waals surface area contributed by atoms with E-state index in [1.807, 2.05) is 0 Å². The van der Waals surface area contributed by atoms with Crippen LogP contribution in [0.3, 0.4) is 0 Å². The number of anilines is 1. The monoisotopic (exact) mass is 209 g/mol. The van der Waals surface area contributed by atoms with Crippen molar-refractivity contribution < 1.29 is 0 Å². The molecule has 1 fully saturated rings. The molecule has 0 aliphatic heterocycles. The molecule has 1 aromatic heterocycles. The largest absolute Gasteiger partial charge is 0.381 e. The van der Waals surface area contributed by atoms with Crippen LogP contribution in [0.25, 0.3) is 0 Å². The SMILES string of the molecule is CC1(CSc2nccnc2N)CCC1. The van der Waals surface area contributed by atoms with Gasteiger partial charge in [0.1, 0.15) is 5.03 Å². The summed E-state index contributed by atoms with van der Waals surface area (Å²) in [5.41, 5.74) is 6.22. The topological polar surface area (TPSA) is 51.8 Å². The normalized spacial score (nSPS) is 18.9. The zero-order valence-corrected chi connectivity index (χ0v) is 9.18. The van der Waals surface area contributed by atoms with Crippen molar-refractivity contribution in [1.29, 1.82) is 0 Å². The average Bonchev–Trinajstić information content (AvgIpc) is 2.14. The third-order valence-corrected chi connectivity index (χ3v) is 4.24. The molecule has 76 valence electrons. The zero-order valence-electron chi connectivity index (χ0n) is 8.36. The Balaban J connectivity index is 1.95. The van der Waals surface area contributed by atoms with E-state index >= 15 is 0 Å². The lowest BCUT2D eigenvalue weighted by atomic mass is 9.72. The lowest BCUT2D eigenvalue weighted by molar-refractivity contribution is 0.197. The second-order valence-corrected chi connectivity index (χ2v) is 5.16. The fourth-order valence-electron chi connectivity index (χ4n) is 1.61. The van der Waals surface area contributed by atoms with Crippen LogP contribution in [0.15, 0.2) is 17.4 Å². The van der Waals surface area contributed by atoms with Crippen LogP contribution in [-0.4, -0.2) is 15.7 Å². The molecular formula is C10H15N3S. The lowest BCUT2D eigenvalue weighted by Crippen LogP contribution is -2.28. The van der Waals surface area contributed by atoms with Gasteiger partial charge in [-0.05, 0) is 18.3 Å². The minimum absolute atomic E-state index is 0.509. The van der Waals surface area contributed by atoms with Crippen molar-refractivity contribution in [2.75, 3.05) is 11.5 Å². The molecule has 0 radical (unpaired) electrons. The summed E-state index contributed by atoms with van der Waals surface area (Å²) in [6.07, 6.45) is 7.36.